The number of ether oxygens (including phenoxy) is 4. The Hall–Kier alpha value is -2.05. The highest BCUT2D eigenvalue weighted by Crippen LogP contribution is 2.19. The minimum atomic E-state index is -4.27. The van der Waals surface area contributed by atoms with E-state index in [1.54, 1.807) is 23.5 Å². The summed E-state index contributed by atoms with van der Waals surface area (Å²) in [5, 5.41) is 2.09. The topological polar surface area (TPSA) is 115 Å². The van der Waals surface area contributed by atoms with Crippen LogP contribution in [0.3, 0.4) is 0 Å². The molecule has 0 aliphatic carbocycles. The van der Waals surface area contributed by atoms with E-state index >= 15 is 0 Å². The monoisotopic (exact) mass is 725 g/mol. The number of hydrogen-bond donors (Lipinski definition) is 0. The Morgan fingerprint density at radius 1 is 0.837 bits per heavy atom. The predicted octanol–water partition coefficient (Wildman–Crippen LogP) is 9.65. The number of carbonyl (C=O) groups excluding carboxylic acids is 1. The van der Waals surface area contributed by atoms with Crippen LogP contribution in [-0.4, -0.2) is 51.3 Å². The second-order valence-corrected chi connectivity index (χ2v) is 15.2. The molecule has 3 rings (SSSR count). The van der Waals surface area contributed by atoms with Crippen molar-refractivity contribution < 1.29 is 41.3 Å². The van der Waals surface area contributed by atoms with Crippen LogP contribution in [-0.2, 0) is 35.6 Å². The van der Waals surface area contributed by atoms with Gasteiger partial charge in [0.1, 0.15) is 29.4 Å². The standard InChI is InChI=1S/C31H56NO5S.C7H8O3S/c1-2-3-4-5-6-7-8-9-10-11-12-13-14-15-18-21-30-35-26-29(37-30)27-36-31(33)34-24-20-17-16-19-22-32-23-25-38-28-32;1-6-2-4-7(5-3-6)11(8,9)10/h23,25,28-30H,2-22,24,26-27H2,1H3;2-5H,1H3,(H,8,9,10)/q+1;/p-1/t29-,30+;/m0./s1. The number of benzene rings is 1. The SMILES string of the molecule is CCCCCCCCCCCCCCCCC[C@@H]1OC[C@@H](COC(=O)OCCCCCC[n+]2ccsc2)O1.Cc1ccc(S(=O)(=O)[O-])cc1. The van der Waals surface area contributed by atoms with Gasteiger partial charge in [0.2, 0.25) is 5.51 Å². The molecule has 1 saturated heterocycles. The molecule has 0 spiro atoms. The summed E-state index contributed by atoms with van der Waals surface area (Å²) < 4.78 is 55.4. The Morgan fingerprint density at radius 3 is 1.98 bits per heavy atom. The van der Waals surface area contributed by atoms with E-state index in [9.17, 15) is 17.8 Å². The molecule has 0 saturated carbocycles. The molecule has 1 aliphatic rings. The zero-order chi connectivity index (χ0) is 35.4. The van der Waals surface area contributed by atoms with Gasteiger partial charge in [-0.3, -0.25) is 0 Å². The third kappa shape index (κ3) is 23.1. The maximum absolute atomic E-state index is 11.8. The summed E-state index contributed by atoms with van der Waals surface area (Å²) in [5.74, 6) is 0. The molecular weight excluding hydrogens is 663 g/mol. The van der Waals surface area contributed by atoms with Gasteiger partial charge >= 0.3 is 6.16 Å². The molecule has 1 aliphatic heterocycles. The van der Waals surface area contributed by atoms with Crippen molar-refractivity contribution in [3.8, 4) is 0 Å². The lowest BCUT2D eigenvalue weighted by atomic mass is 10.0. The summed E-state index contributed by atoms with van der Waals surface area (Å²) >= 11 is 1.71. The average molecular weight is 726 g/mol. The number of aromatic nitrogens is 1. The lowest BCUT2D eigenvalue weighted by Gasteiger charge is -2.12. The van der Waals surface area contributed by atoms with Crippen LogP contribution in [0, 0.1) is 6.92 Å². The largest absolute Gasteiger partial charge is 0.744 e. The lowest BCUT2D eigenvalue weighted by Crippen LogP contribution is -2.29. The summed E-state index contributed by atoms with van der Waals surface area (Å²) in [5.41, 5.74) is 3.05. The third-order valence-corrected chi connectivity index (χ3v) is 10.1. The van der Waals surface area contributed by atoms with Gasteiger partial charge in [0.05, 0.1) is 23.5 Å². The van der Waals surface area contributed by atoms with Crippen LogP contribution in [0.25, 0.3) is 0 Å². The fourth-order valence-corrected chi connectivity index (χ4v) is 6.73. The van der Waals surface area contributed by atoms with E-state index in [-0.39, 0.29) is 23.9 Å². The summed E-state index contributed by atoms with van der Waals surface area (Å²) in [7, 11) is -4.27. The lowest BCUT2D eigenvalue weighted by molar-refractivity contribution is -0.692. The van der Waals surface area contributed by atoms with Crippen LogP contribution in [0.4, 0.5) is 4.79 Å². The van der Waals surface area contributed by atoms with Gasteiger partial charge in [-0.15, -0.1) is 0 Å². The molecule has 49 heavy (non-hydrogen) atoms. The van der Waals surface area contributed by atoms with Gasteiger partial charge < -0.3 is 23.5 Å². The Balaban J connectivity index is 0.000000639. The first kappa shape index (κ1) is 43.1. The fraction of sp³-hybridized carbons (Fsp3) is 0.737. The summed E-state index contributed by atoms with van der Waals surface area (Å²) in [6.07, 6.45) is 26.8. The number of unbranched alkanes of at least 4 members (excludes halogenated alkanes) is 17. The molecule has 2 heterocycles. The van der Waals surface area contributed by atoms with E-state index in [1.165, 1.54) is 102 Å². The first-order chi connectivity index (χ1) is 23.8. The highest BCUT2D eigenvalue weighted by atomic mass is 32.2. The number of hydrogen-bond acceptors (Lipinski definition) is 9. The van der Waals surface area contributed by atoms with E-state index in [0.29, 0.717) is 13.2 Å². The molecule has 0 unspecified atom stereocenters. The number of thiazole rings is 1. The molecule has 0 radical (unpaired) electrons. The van der Waals surface area contributed by atoms with Crippen molar-refractivity contribution in [3.05, 3.63) is 46.9 Å². The van der Waals surface area contributed by atoms with Gasteiger partial charge in [-0.1, -0.05) is 126 Å². The van der Waals surface area contributed by atoms with E-state index in [2.05, 4.69) is 28.6 Å². The maximum atomic E-state index is 11.8. The molecule has 2 aromatic rings. The van der Waals surface area contributed by atoms with E-state index < -0.39 is 16.3 Å². The van der Waals surface area contributed by atoms with Gasteiger partial charge in [0, 0.05) is 6.42 Å². The Morgan fingerprint density at radius 2 is 1.41 bits per heavy atom. The zero-order valence-corrected chi connectivity index (χ0v) is 31.8. The predicted molar refractivity (Wildman–Crippen MR) is 194 cm³/mol. The highest BCUT2D eigenvalue weighted by Gasteiger charge is 2.26. The van der Waals surface area contributed by atoms with Gasteiger partial charge in [-0.2, -0.15) is 4.57 Å². The van der Waals surface area contributed by atoms with Crippen molar-refractivity contribution in [3.63, 3.8) is 0 Å². The maximum Gasteiger partial charge on any atom is 0.508 e. The Bertz CT molecular complexity index is 1170. The Kier molecular flexibility index (Phi) is 24.3. The molecule has 1 fully saturated rings. The van der Waals surface area contributed by atoms with Crippen molar-refractivity contribution in [1.82, 2.24) is 0 Å². The van der Waals surface area contributed by atoms with Crippen LogP contribution >= 0.6 is 11.3 Å². The minimum absolute atomic E-state index is 0.158. The first-order valence-corrected chi connectivity index (χ1v) is 21.1. The molecular formula is C38H63NO8S2. The summed E-state index contributed by atoms with van der Waals surface area (Å²) in [4.78, 5) is 11.6. The van der Waals surface area contributed by atoms with Crippen LogP contribution in [0.15, 0.2) is 46.2 Å². The number of aryl methyl sites for hydroxylation is 2. The molecule has 0 N–H and O–H groups in total. The highest BCUT2D eigenvalue weighted by molar-refractivity contribution is 7.85. The van der Waals surface area contributed by atoms with Crippen LogP contribution < -0.4 is 4.57 Å². The molecule has 1 aromatic heterocycles. The fourth-order valence-electron chi connectivity index (χ4n) is 5.63. The smallest absolute Gasteiger partial charge is 0.508 e. The Labute approximate surface area is 300 Å². The van der Waals surface area contributed by atoms with Crippen LogP contribution in [0.5, 0.6) is 0 Å². The molecule has 0 amide bonds. The number of rotatable bonds is 26. The van der Waals surface area contributed by atoms with Crippen molar-refractivity contribution >= 4 is 27.6 Å². The van der Waals surface area contributed by atoms with Crippen molar-refractivity contribution in [2.75, 3.05) is 19.8 Å². The van der Waals surface area contributed by atoms with Gasteiger partial charge in [-0.25, -0.2) is 13.2 Å². The van der Waals surface area contributed by atoms with E-state index in [4.69, 9.17) is 18.9 Å². The number of carbonyl (C=O) groups is 1. The minimum Gasteiger partial charge on any atom is -0.744 e. The first-order valence-electron chi connectivity index (χ1n) is 18.8. The quantitative estimate of drug-likeness (QED) is 0.0408. The second-order valence-electron chi connectivity index (χ2n) is 13.1. The molecule has 280 valence electrons. The zero-order valence-electron chi connectivity index (χ0n) is 30.2. The van der Waals surface area contributed by atoms with Gasteiger partial charge in [0.25, 0.3) is 0 Å². The van der Waals surface area contributed by atoms with E-state index in [0.717, 1.165) is 50.6 Å². The van der Waals surface area contributed by atoms with Gasteiger partial charge in [0.15, 0.2) is 12.5 Å². The molecule has 11 heteroatoms. The van der Waals surface area contributed by atoms with E-state index in [1.807, 2.05) is 6.92 Å². The van der Waals surface area contributed by atoms with Gasteiger partial charge in [-0.05, 0) is 51.2 Å². The molecule has 2 atom stereocenters. The third-order valence-electron chi connectivity index (χ3n) is 8.61. The molecule has 1 aromatic carbocycles. The molecule has 9 nitrogen and oxygen atoms in total. The average Bonchev–Trinajstić information content (AvgIpc) is 3.78. The molecule has 0 bridgehead atoms. The second kappa shape index (κ2) is 27.6. The summed E-state index contributed by atoms with van der Waals surface area (Å²) in [6.45, 7) is 6.25. The normalized spacial score (nSPS) is 15.9. The van der Waals surface area contributed by atoms with Crippen LogP contribution in [0.2, 0.25) is 0 Å². The van der Waals surface area contributed by atoms with Crippen LogP contribution in [0.1, 0.15) is 141 Å². The van der Waals surface area contributed by atoms with Crippen molar-refractivity contribution in [2.45, 2.75) is 166 Å². The number of nitrogens with zero attached hydrogens (tertiary/aromatic N) is 1. The van der Waals surface area contributed by atoms with Crippen molar-refractivity contribution in [2.24, 2.45) is 0 Å². The van der Waals surface area contributed by atoms with Crippen molar-refractivity contribution in [1.29, 1.82) is 0 Å². The summed E-state index contributed by atoms with van der Waals surface area (Å²) in [6, 6.07) is 5.78.